The fraction of sp³-hybridized carbons (Fsp3) is 0.357. The van der Waals surface area contributed by atoms with E-state index in [2.05, 4.69) is 34.0 Å². The first-order valence-corrected chi connectivity index (χ1v) is 7.40. The van der Waals surface area contributed by atoms with Crippen LogP contribution in [0.25, 0.3) is 0 Å². The van der Waals surface area contributed by atoms with Gasteiger partial charge in [0.05, 0.1) is 10.7 Å². The highest BCUT2D eigenvalue weighted by Gasteiger charge is 2.12. The summed E-state index contributed by atoms with van der Waals surface area (Å²) in [4.78, 5) is 0. The summed E-state index contributed by atoms with van der Waals surface area (Å²) in [6, 6.07) is 7.86. The quantitative estimate of drug-likeness (QED) is 0.922. The summed E-state index contributed by atoms with van der Waals surface area (Å²) in [7, 11) is 1.96. The van der Waals surface area contributed by atoms with Crippen LogP contribution in [0.1, 0.15) is 29.9 Å². The molecule has 1 atom stereocenters. The molecule has 5 heteroatoms. The van der Waals surface area contributed by atoms with E-state index >= 15 is 0 Å². The fourth-order valence-corrected chi connectivity index (χ4v) is 2.54. The lowest BCUT2D eigenvalue weighted by Gasteiger charge is -2.13. The Morgan fingerprint density at radius 1 is 1.42 bits per heavy atom. The van der Waals surface area contributed by atoms with Crippen molar-refractivity contribution >= 4 is 27.5 Å². The second-order valence-corrected chi connectivity index (χ2v) is 5.85. The van der Waals surface area contributed by atoms with Crippen molar-refractivity contribution in [3.63, 3.8) is 0 Å². The highest BCUT2D eigenvalue weighted by atomic mass is 79.9. The summed E-state index contributed by atoms with van der Waals surface area (Å²) >= 11 is 9.42. The third-order valence-corrected chi connectivity index (χ3v) is 4.40. The van der Waals surface area contributed by atoms with Gasteiger partial charge < -0.3 is 5.73 Å². The monoisotopic (exact) mass is 341 g/mol. The van der Waals surface area contributed by atoms with Gasteiger partial charge in [-0.1, -0.05) is 24.6 Å². The lowest BCUT2D eigenvalue weighted by Crippen LogP contribution is -2.15. The van der Waals surface area contributed by atoms with Crippen LogP contribution < -0.4 is 5.73 Å². The largest absolute Gasteiger partial charge is 0.324 e. The van der Waals surface area contributed by atoms with Crippen LogP contribution in [0.3, 0.4) is 0 Å². The van der Waals surface area contributed by atoms with Crippen LogP contribution in [0, 0.1) is 0 Å². The maximum Gasteiger partial charge on any atom is 0.0624 e. The Kier molecular flexibility index (Phi) is 4.66. The van der Waals surface area contributed by atoms with Crippen molar-refractivity contribution in [2.75, 3.05) is 0 Å². The molecular formula is C14H17BrClN3. The second kappa shape index (κ2) is 6.07. The van der Waals surface area contributed by atoms with Crippen LogP contribution in [0.5, 0.6) is 0 Å². The highest BCUT2D eigenvalue weighted by molar-refractivity contribution is 9.10. The Morgan fingerprint density at radius 3 is 2.74 bits per heavy atom. The molecule has 0 fully saturated rings. The number of aromatic nitrogens is 2. The van der Waals surface area contributed by atoms with Gasteiger partial charge >= 0.3 is 0 Å². The third kappa shape index (κ3) is 3.38. The zero-order chi connectivity index (χ0) is 14.0. The van der Waals surface area contributed by atoms with Gasteiger partial charge in [-0.3, -0.25) is 4.68 Å². The molecule has 3 nitrogen and oxygen atoms in total. The fourth-order valence-electron chi connectivity index (χ4n) is 2.02. The minimum atomic E-state index is -0.0614. The van der Waals surface area contributed by atoms with Crippen LogP contribution in [0.2, 0.25) is 5.02 Å². The summed E-state index contributed by atoms with van der Waals surface area (Å²) in [5.74, 6) is 0. The molecule has 0 spiro atoms. The molecule has 0 bridgehead atoms. The van der Waals surface area contributed by atoms with Gasteiger partial charge in [-0.25, -0.2) is 0 Å². The van der Waals surface area contributed by atoms with E-state index in [4.69, 9.17) is 17.3 Å². The molecule has 0 amide bonds. The third-order valence-electron chi connectivity index (χ3n) is 3.19. The molecule has 2 rings (SSSR count). The van der Waals surface area contributed by atoms with Crippen LogP contribution >= 0.6 is 27.5 Å². The molecule has 0 saturated carbocycles. The van der Waals surface area contributed by atoms with Gasteiger partial charge in [0, 0.05) is 29.7 Å². The van der Waals surface area contributed by atoms with Gasteiger partial charge in [0.15, 0.2) is 0 Å². The lowest BCUT2D eigenvalue weighted by atomic mass is 10.0. The maximum atomic E-state index is 6.26. The Balaban J connectivity index is 2.17. The molecule has 2 aromatic rings. The number of nitrogens with two attached hydrogens (primary N) is 1. The number of aryl methyl sites for hydroxylation is 2. The summed E-state index contributed by atoms with van der Waals surface area (Å²) in [6.45, 7) is 2.10. The second-order valence-electron chi connectivity index (χ2n) is 4.59. The number of benzene rings is 1. The molecule has 1 unspecified atom stereocenters. The predicted molar refractivity (Wildman–Crippen MR) is 82.4 cm³/mol. The zero-order valence-electron chi connectivity index (χ0n) is 11.0. The number of halogens is 2. The van der Waals surface area contributed by atoms with Gasteiger partial charge in [-0.15, -0.1) is 0 Å². The lowest BCUT2D eigenvalue weighted by molar-refractivity contribution is 0.638. The Labute approximate surface area is 126 Å². The summed E-state index contributed by atoms with van der Waals surface area (Å²) in [5.41, 5.74) is 9.57. The van der Waals surface area contributed by atoms with Crippen LogP contribution in [0.15, 0.2) is 28.7 Å². The molecule has 19 heavy (non-hydrogen) atoms. The van der Waals surface area contributed by atoms with Gasteiger partial charge in [0.25, 0.3) is 0 Å². The van der Waals surface area contributed by atoms with Crippen molar-refractivity contribution < 1.29 is 0 Å². The topological polar surface area (TPSA) is 43.8 Å². The maximum absolute atomic E-state index is 6.26. The van der Waals surface area contributed by atoms with Crippen molar-refractivity contribution in [2.45, 2.75) is 25.8 Å². The van der Waals surface area contributed by atoms with Crippen molar-refractivity contribution in [3.05, 3.63) is 50.7 Å². The van der Waals surface area contributed by atoms with E-state index in [-0.39, 0.29) is 6.04 Å². The molecule has 0 aliphatic heterocycles. The zero-order valence-corrected chi connectivity index (χ0v) is 13.4. The van der Waals surface area contributed by atoms with Gasteiger partial charge in [0.2, 0.25) is 0 Å². The molecule has 1 heterocycles. The molecule has 0 radical (unpaired) electrons. The SMILES string of the molecule is CCc1cc(CC(N)c2ccc(Cl)c(Br)c2)n(C)n1. The first kappa shape index (κ1) is 14.6. The average molecular weight is 343 g/mol. The summed E-state index contributed by atoms with van der Waals surface area (Å²) in [5, 5.41) is 5.14. The average Bonchev–Trinajstić information content (AvgIpc) is 2.73. The van der Waals surface area contributed by atoms with E-state index in [9.17, 15) is 0 Å². The van der Waals surface area contributed by atoms with E-state index in [1.54, 1.807) is 0 Å². The minimum Gasteiger partial charge on any atom is -0.324 e. The van der Waals surface area contributed by atoms with E-state index in [1.165, 1.54) is 0 Å². The van der Waals surface area contributed by atoms with E-state index in [0.29, 0.717) is 5.02 Å². The Hall–Kier alpha value is -0.840. The van der Waals surface area contributed by atoms with Gasteiger partial charge in [0.1, 0.15) is 0 Å². The molecular weight excluding hydrogens is 326 g/mol. The standard InChI is InChI=1S/C14H17BrClN3/c1-3-10-7-11(19(2)18-10)8-14(17)9-4-5-13(16)12(15)6-9/h4-7,14H,3,8,17H2,1-2H3. The highest BCUT2D eigenvalue weighted by Crippen LogP contribution is 2.26. The first-order valence-electron chi connectivity index (χ1n) is 6.23. The molecule has 0 aliphatic carbocycles. The normalized spacial score (nSPS) is 12.7. The molecule has 1 aromatic heterocycles. The number of rotatable bonds is 4. The Morgan fingerprint density at radius 2 is 2.16 bits per heavy atom. The van der Waals surface area contributed by atoms with Crippen molar-refractivity contribution in [3.8, 4) is 0 Å². The van der Waals surface area contributed by atoms with Crippen molar-refractivity contribution in [2.24, 2.45) is 12.8 Å². The van der Waals surface area contributed by atoms with E-state index in [1.807, 2.05) is 29.9 Å². The first-order chi connectivity index (χ1) is 9.01. The number of hydrogen-bond donors (Lipinski definition) is 1. The molecule has 1 aromatic carbocycles. The van der Waals surface area contributed by atoms with Gasteiger partial charge in [-0.2, -0.15) is 5.10 Å². The summed E-state index contributed by atoms with van der Waals surface area (Å²) < 4.78 is 2.78. The van der Waals surface area contributed by atoms with Crippen molar-refractivity contribution in [1.82, 2.24) is 9.78 Å². The Bertz CT molecular complexity index is 580. The molecule has 0 saturated heterocycles. The minimum absolute atomic E-state index is 0.0614. The van der Waals surface area contributed by atoms with Gasteiger partial charge in [-0.05, 0) is 46.1 Å². The van der Waals surface area contributed by atoms with E-state index < -0.39 is 0 Å². The van der Waals surface area contributed by atoms with Crippen LogP contribution in [0.4, 0.5) is 0 Å². The molecule has 102 valence electrons. The smallest absolute Gasteiger partial charge is 0.0624 e. The van der Waals surface area contributed by atoms with Crippen molar-refractivity contribution in [1.29, 1.82) is 0 Å². The molecule has 0 aliphatic rings. The molecule has 2 N–H and O–H groups in total. The van der Waals surface area contributed by atoms with Crippen LogP contribution in [-0.4, -0.2) is 9.78 Å². The number of hydrogen-bond acceptors (Lipinski definition) is 2. The van der Waals surface area contributed by atoms with E-state index in [0.717, 1.165) is 34.3 Å². The van der Waals surface area contributed by atoms with Crippen LogP contribution in [-0.2, 0) is 19.9 Å². The number of nitrogens with zero attached hydrogens (tertiary/aromatic N) is 2. The summed E-state index contributed by atoms with van der Waals surface area (Å²) in [6.07, 6.45) is 1.70. The predicted octanol–water partition coefficient (Wildman–Crippen LogP) is 3.64.